The van der Waals surface area contributed by atoms with Crippen LogP contribution in [0.3, 0.4) is 0 Å². The summed E-state index contributed by atoms with van der Waals surface area (Å²) < 4.78 is 13.0. The lowest BCUT2D eigenvalue weighted by Gasteiger charge is -2.50. The summed E-state index contributed by atoms with van der Waals surface area (Å²) in [6.45, 7) is 7.21. The SMILES string of the molecule is Cc1cc2c3c(c1)N1c4ccccc4[Si](C)(C)c4cccc(c41)B3N(c1ccccc1)c1cc3c(cc1-2)Oc1ccccc1O3. The number of hydrogen-bond donors (Lipinski definition) is 0. The molecule has 0 radical (unpaired) electrons. The fourth-order valence-corrected chi connectivity index (χ4v) is 11.1. The Kier molecular flexibility index (Phi) is 4.87. The molecule has 10 rings (SSSR count). The molecule has 45 heavy (non-hydrogen) atoms. The number of hydrogen-bond acceptors (Lipinski definition) is 4. The predicted octanol–water partition coefficient (Wildman–Crippen LogP) is 7.74. The summed E-state index contributed by atoms with van der Waals surface area (Å²) in [7, 11) is -1.98. The van der Waals surface area contributed by atoms with Crippen molar-refractivity contribution in [3.63, 3.8) is 0 Å². The molecule has 0 amide bonds. The van der Waals surface area contributed by atoms with Crippen LogP contribution in [0, 0.1) is 6.92 Å². The van der Waals surface area contributed by atoms with Gasteiger partial charge in [-0.3, -0.25) is 0 Å². The second-order valence-electron chi connectivity index (χ2n) is 13.0. The van der Waals surface area contributed by atoms with Crippen LogP contribution in [0.4, 0.5) is 28.4 Å². The van der Waals surface area contributed by atoms with Gasteiger partial charge in [-0.1, -0.05) is 85.9 Å². The first-order chi connectivity index (χ1) is 22.0. The summed E-state index contributed by atoms with van der Waals surface area (Å²) in [4.78, 5) is 5.10. The molecule has 0 N–H and O–H groups in total. The molecular weight excluding hydrogens is 567 g/mol. The number of benzene rings is 6. The molecule has 6 aromatic carbocycles. The van der Waals surface area contributed by atoms with Crippen molar-refractivity contribution in [1.82, 2.24) is 0 Å². The van der Waals surface area contributed by atoms with Crippen molar-refractivity contribution < 1.29 is 9.47 Å². The molecule has 0 atom stereocenters. The van der Waals surface area contributed by atoms with Crippen LogP contribution in [0.2, 0.25) is 13.1 Å². The maximum atomic E-state index is 6.49. The van der Waals surface area contributed by atoms with Crippen molar-refractivity contribution in [1.29, 1.82) is 0 Å². The molecule has 0 aliphatic carbocycles. The average Bonchev–Trinajstić information content (AvgIpc) is 3.06. The van der Waals surface area contributed by atoms with Crippen molar-refractivity contribution in [2.75, 3.05) is 9.71 Å². The maximum absolute atomic E-state index is 6.49. The second-order valence-corrected chi connectivity index (χ2v) is 17.4. The number of para-hydroxylation sites is 5. The van der Waals surface area contributed by atoms with Gasteiger partial charge in [-0.2, -0.15) is 0 Å². The minimum absolute atomic E-state index is 0.0124. The Morgan fingerprint density at radius 1 is 0.578 bits per heavy atom. The Balaban J connectivity index is 1.32. The third-order valence-corrected chi connectivity index (χ3v) is 13.6. The highest BCUT2D eigenvalue weighted by Gasteiger charge is 2.50. The van der Waals surface area contributed by atoms with Crippen LogP contribution in [0.25, 0.3) is 11.1 Å². The molecule has 6 aromatic rings. The molecule has 0 bridgehead atoms. The molecule has 214 valence electrons. The Morgan fingerprint density at radius 2 is 1.27 bits per heavy atom. The quantitative estimate of drug-likeness (QED) is 0.181. The molecule has 4 aliphatic heterocycles. The Hall–Kier alpha value is -5.20. The molecule has 4 heterocycles. The van der Waals surface area contributed by atoms with Gasteiger partial charge in [0.15, 0.2) is 23.0 Å². The largest absolute Gasteiger partial charge is 0.449 e. The van der Waals surface area contributed by atoms with Gasteiger partial charge in [0.05, 0.1) is 0 Å². The maximum Gasteiger partial charge on any atom is 0.333 e. The lowest BCUT2D eigenvalue weighted by atomic mass is 9.43. The first-order valence-electron chi connectivity index (χ1n) is 15.6. The standard InChI is InChI=1S/C39H29BN2O2Si/c1-24-20-27-26-22-34-35(44-33-17-9-8-16-32(33)43-34)23-30(26)42(25-12-5-4-6-13-25)40-28-14-11-19-37-39(28)41(31(21-24)38(27)40)29-15-7-10-18-36(29)45(37,2)3/h4-23H,1-3H3. The summed E-state index contributed by atoms with van der Waals surface area (Å²) in [6, 6.07) is 44.0. The number of aryl methyl sites for hydroxylation is 1. The second kappa shape index (κ2) is 8.71. The zero-order chi connectivity index (χ0) is 30.0. The summed E-state index contributed by atoms with van der Waals surface area (Å²) >= 11 is 0. The number of fused-ring (bicyclic) bond motifs is 8. The van der Waals surface area contributed by atoms with Crippen molar-refractivity contribution in [2.45, 2.75) is 20.0 Å². The van der Waals surface area contributed by atoms with E-state index < -0.39 is 8.07 Å². The van der Waals surface area contributed by atoms with E-state index in [1.54, 1.807) is 0 Å². The molecule has 4 nitrogen and oxygen atoms in total. The van der Waals surface area contributed by atoms with Crippen LogP contribution in [0.1, 0.15) is 5.56 Å². The van der Waals surface area contributed by atoms with E-state index in [2.05, 4.69) is 127 Å². The Morgan fingerprint density at radius 3 is 2.07 bits per heavy atom. The molecule has 0 fully saturated rings. The van der Waals surface area contributed by atoms with Crippen molar-refractivity contribution in [2.24, 2.45) is 0 Å². The van der Waals surface area contributed by atoms with Gasteiger partial charge in [0.1, 0.15) is 8.07 Å². The van der Waals surface area contributed by atoms with Gasteiger partial charge in [0.2, 0.25) is 0 Å². The molecule has 0 unspecified atom stereocenters. The van der Waals surface area contributed by atoms with E-state index in [1.807, 2.05) is 24.3 Å². The smallest absolute Gasteiger partial charge is 0.333 e. The molecule has 0 aromatic heterocycles. The lowest BCUT2D eigenvalue weighted by Crippen LogP contribution is -2.67. The van der Waals surface area contributed by atoms with E-state index in [-0.39, 0.29) is 6.85 Å². The minimum atomic E-state index is -1.98. The molecule has 6 heteroatoms. The first-order valence-corrected chi connectivity index (χ1v) is 18.6. The zero-order valence-corrected chi connectivity index (χ0v) is 26.3. The Labute approximate surface area is 264 Å². The number of anilines is 5. The van der Waals surface area contributed by atoms with Gasteiger partial charge >= 0.3 is 6.85 Å². The highest BCUT2D eigenvalue weighted by molar-refractivity contribution is 7.04. The number of ether oxygens (including phenoxy) is 2. The van der Waals surface area contributed by atoms with Gasteiger partial charge in [-0.15, -0.1) is 0 Å². The summed E-state index contributed by atoms with van der Waals surface area (Å²) in [6.07, 6.45) is 0. The van der Waals surface area contributed by atoms with Crippen LogP contribution < -0.4 is 40.5 Å². The fourth-order valence-electron chi connectivity index (χ4n) is 8.14. The van der Waals surface area contributed by atoms with Gasteiger partial charge in [0, 0.05) is 40.1 Å². The van der Waals surface area contributed by atoms with E-state index in [0.717, 1.165) is 39.9 Å². The number of nitrogens with zero attached hydrogens (tertiary/aromatic N) is 2. The first kappa shape index (κ1) is 25.2. The Bertz CT molecular complexity index is 2250. The molecular formula is C39H29BN2O2Si. The third-order valence-electron chi connectivity index (χ3n) is 10.1. The monoisotopic (exact) mass is 596 g/mol. The van der Waals surface area contributed by atoms with Gasteiger partial charge in [-0.05, 0) is 81.8 Å². The van der Waals surface area contributed by atoms with E-state index in [1.165, 1.54) is 49.5 Å². The van der Waals surface area contributed by atoms with E-state index in [0.29, 0.717) is 0 Å². The third kappa shape index (κ3) is 3.27. The summed E-state index contributed by atoms with van der Waals surface area (Å²) in [5.41, 5.74) is 12.5. The molecule has 0 saturated heterocycles. The van der Waals surface area contributed by atoms with Gasteiger partial charge in [-0.25, -0.2) is 0 Å². The van der Waals surface area contributed by atoms with Crippen LogP contribution in [-0.2, 0) is 0 Å². The van der Waals surface area contributed by atoms with Crippen LogP contribution in [0.5, 0.6) is 23.0 Å². The highest BCUT2D eigenvalue weighted by Crippen LogP contribution is 2.53. The van der Waals surface area contributed by atoms with Gasteiger partial charge < -0.3 is 19.2 Å². The van der Waals surface area contributed by atoms with E-state index in [4.69, 9.17) is 9.47 Å². The average molecular weight is 597 g/mol. The highest BCUT2D eigenvalue weighted by atomic mass is 28.3. The van der Waals surface area contributed by atoms with Crippen LogP contribution in [-0.4, -0.2) is 14.9 Å². The molecule has 4 aliphatic rings. The topological polar surface area (TPSA) is 24.9 Å². The normalized spacial score (nSPS) is 15.4. The summed E-state index contributed by atoms with van der Waals surface area (Å²) in [5, 5.41) is 2.97. The van der Waals surface area contributed by atoms with Crippen molar-refractivity contribution >= 4 is 64.7 Å². The zero-order valence-electron chi connectivity index (χ0n) is 25.3. The lowest BCUT2D eigenvalue weighted by molar-refractivity contribution is 0.360. The van der Waals surface area contributed by atoms with Gasteiger partial charge in [0.25, 0.3) is 0 Å². The van der Waals surface area contributed by atoms with Crippen LogP contribution >= 0.6 is 0 Å². The minimum Gasteiger partial charge on any atom is -0.449 e. The fraction of sp³-hybridized carbons (Fsp3) is 0.0769. The number of rotatable bonds is 1. The molecule has 0 saturated carbocycles. The van der Waals surface area contributed by atoms with Crippen LogP contribution in [0.15, 0.2) is 121 Å². The van der Waals surface area contributed by atoms with E-state index >= 15 is 0 Å². The van der Waals surface area contributed by atoms with Crippen molar-refractivity contribution in [3.8, 4) is 34.1 Å². The summed E-state index contributed by atoms with van der Waals surface area (Å²) in [5.74, 6) is 2.95. The predicted molar refractivity (Wildman–Crippen MR) is 188 cm³/mol. The van der Waals surface area contributed by atoms with E-state index in [9.17, 15) is 0 Å². The molecule has 0 spiro atoms. The van der Waals surface area contributed by atoms with Crippen molar-refractivity contribution in [3.05, 3.63) is 127 Å².